The molecule has 0 bridgehead atoms. The maximum absolute atomic E-state index is 10.8. The van der Waals surface area contributed by atoms with Gasteiger partial charge in [-0.1, -0.05) is 19.6 Å². The quantitative estimate of drug-likeness (QED) is 0.320. The topological polar surface area (TPSA) is 122 Å². The van der Waals surface area contributed by atoms with Crippen molar-refractivity contribution in [1.29, 1.82) is 0 Å². The van der Waals surface area contributed by atoms with E-state index in [1.807, 2.05) is 22.9 Å². The first-order chi connectivity index (χ1) is 16.6. The number of fused-ring (bicyclic) bond motifs is 2. The molecular formula is C27H34N6O2. The Hall–Kier alpha value is -3.23. The Labute approximate surface area is 205 Å². The molecule has 6 rings (SSSR count). The number of nitrogens with two attached hydrogens (primary N) is 1. The minimum absolute atomic E-state index is 0. The Kier molecular flexibility index (Phi) is 6.34. The van der Waals surface area contributed by atoms with Gasteiger partial charge in [0.25, 0.3) is 0 Å². The van der Waals surface area contributed by atoms with Gasteiger partial charge in [-0.2, -0.15) is 0 Å². The number of nitrogens with zero attached hydrogens (tertiary/aromatic N) is 4. The van der Waals surface area contributed by atoms with Crippen LogP contribution in [0, 0.1) is 11.8 Å². The molecular weight excluding hydrogens is 440 g/mol. The summed E-state index contributed by atoms with van der Waals surface area (Å²) in [6.07, 6.45) is 6.60. The fraction of sp³-hybridized carbons (Fsp3) is 0.444. The Balaban J connectivity index is 0.00000253. The molecule has 184 valence electrons. The molecule has 35 heavy (non-hydrogen) atoms. The van der Waals surface area contributed by atoms with Crippen LogP contribution in [0.5, 0.6) is 0 Å². The lowest BCUT2D eigenvalue weighted by atomic mass is 9.95. The van der Waals surface area contributed by atoms with E-state index in [2.05, 4.69) is 39.6 Å². The van der Waals surface area contributed by atoms with E-state index in [4.69, 9.17) is 10.7 Å². The van der Waals surface area contributed by atoms with Crippen molar-refractivity contribution in [2.45, 2.75) is 57.8 Å². The van der Waals surface area contributed by atoms with Crippen molar-refractivity contribution in [3.63, 3.8) is 0 Å². The average Bonchev–Trinajstić information content (AvgIpc) is 3.52. The molecule has 0 radical (unpaired) electrons. The highest BCUT2D eigenvalue weighted by atomic mass is 16.3. The van der Waals surface area contributed by atoms with Crippen molar-refractivity contribution < 1.29 is 10.2 Å². The second-order valence-corrected chi connectivity index (χ2v) is 9.85. The molecule has 0 amide bonds. The largest absolute Gasteiger partial charge is 0.390 e. The number of rotatable bonds is 7. The van der Waals surface area contributed by atoms with Crippen molar-refractivity contribution in [3.8, 4) is 0 Å². The van der Waals surface area contributed by atoms with E-state index >= 15 is 0 Å². The van der Waals surface area contributed by atoms with Crippen LogP contribution in [0.2, 0.25) is 0 Å². The van der Waals surface area contributed by atoms with Crippen LogP contribution < -0.4 is 11.1 Å². The number of hydrogen-bond donors (Lipinski definition) is 4. The first kappa shape index (κ1) is 23.5. The molecule has 2 saturated carbocycles. The standard InChI is InChI=1S/C26H30N6O2.CH4/c27-25-19-9-10-32(26(19)30-14-29-25)21-12-18(23(33)24(21)34)6-4-15-3-5-17-7-8-22(31-20(17)11-15)28-13-16-1-2-16;/h3,5,7-11,14,16,18,21,23-24,33-34H,1-2,4,6,12-13H2,(H,28,31)(H2,27,29,30);1H4/t18-,21+,23+,24-;/m0./s1. The van der Waals surface area contributed by atoms with Gasteiger partial charge in [0.15, 0.2) is 0 Å². The number of aliphatic hydroxyl groups excluding tert-OH is 2. The van der Waals surface area contributed by atoms with Gasteiger partial charge in [-0.3, -0.25) is 0 Å². The smallest absolute Gasteiger partial charge is 0.145 e. The third-order valence-electron chi connectivity index (χ3n) is 7.50. The molecule has 3 heterocycles. The zero-order valence-corrected chi connectivity index (χ0v) is 19.0. The molecule has 4 atom stereocenters. The van der Waals surface area contributed by atoms with E-state index in [1.54, 1.807) is 0 Å². The highest BCUT2D eigenvalue weighted by Crippen LogP contribution is 2.39. The second kappa shape index (κ2) is 9.43. The van der Waals surface area contributed by atoms with Crippen molar-refractivity contribution >= 4 is 33.6 Å². The summed E-state index contributed by atoms with van der Waals surface area (Å²) in [6, 6.07) is 12.2. The number of aryl methyl sites for hydroxylation is 1. The van der Waals surface area contributed by atoms with Crippen LogP contribution in [0.3, 0.4) is 0 Å². The molecule has 0 saturated heterocycles. The lowest BCUT2D eigenvalue weighted by molar-refractivity contribution is 0.00545. The fourth-order valence-electron chi connectivity index (χ4n) is 5.26. The number of nitrogen functional groups attached to an aromatic ring is 1. The van der Waals surface area contributed by atoms with Gasteiger partial charge in [-0.15, -0.1) is 0 Å². The highest BCUT2D eigenvalue weighted by molar-refractivity contribution is 5.86. The Morgan fingerprint density at radius 3 is 2.71 bits per heavy atom. The summed E-state index contributed by atoms with van der Waals surface area (Å²) in [7, 11) is 0. The van der Waals surface area contributed by atoms with Crippen LogP contribution in [-0.2, 0) is 6.42 Å². The van der Waals surface area contributed by atoms with Crippen molar-refractivity contribution in [1.82, 2.24) is 19.5 Å². The molecule has 2 aliphatic rings. The maximum atomic E-state index is 10.8. The van der Waals surface area contributed by atoms with Gasteiger partial charge < -0.3 is 25.8 Å². The molecule has 8 heteroatoms. The predicted molar refractivity (Wildman–Crippen MR) is 139 cm³/mol. The van der Waals surface area contributed by atoms with Crippen LogP contribution in [0.15, 0.2) is 48.9 Å². The van der Waals surface area contributed by atoms with Crippen LogP contribution in [-0.4, -0.2) is 48.5 Å². The van der Waals surface area contributed by atoms with E-state index < -0.39 is 12.2 Å². The Bertz CT molecular complexity index is 1330. The second-order valence-electron chi connectivity index (χ2n) is 9.85. The molecule has 1 aromatic carbocycles. The van der Waals surface area contributed by atoms with Crippen LogP contribution in [0.1, 0.15) is 44.7 Å². The van der Waals surface area contributed by atoms with Gasteiger partial charge in [-0.05, 0) is 73.8 Å². The number of hydrogen-bond acceptors (Lipinski definition) is 7. The first-order valence-electron chi connectivity index (χ1n) is 12.1. The molecule has 8 nitrogen and oxygen atoms in total. The van der Waals surface area contributed by atoms with Crippen LogP contribution in [0.4, 0.5) is 11.6 Å². The summed E-state index contributed by atoms with van der Waals surface area (Å²) < 4.78 is 1.93. The summed E-state index contributed by atoms with van der Waals surface area (Å²) in [6.45, 7) is 0.997. The van der Waals surface area contributed by atoms with Crippen LogP contribution >= 0.6 is 0 Å². The number of aliphatic hydroxyl groups is 2. The zero-order chi connectivity index (χ0) is 23.2. The average molecular weight is 475 g/mol. The number of pyridine rings is 1. The molecule has 4 aromatic rings. The molecule has 3 aromatic heterocycles. The summed E-state index contributed by atoms with van der Waals surface area (Å²) in [5, 5.41) is 27.0. The van der Waals surface area contributed by atoms with Gasteiger partial charge in [-0.25, -0.2) is 15.0 Å². The third-order valence-corrected chi connectivity index (χ3v) is 7.50. The van der Waals surface area contributed by atoms with Crippen molar-refractivity contribution in [3.05, 3.63) is 54.5 Å². The summed E-state index contributed by atoms with van der Waals surface area (Å²) in [5.41, 5.74) is 8.83. The van der Waals surface area contributed by atoms with Gasteiger partial charge in [0, 0.05) is 18.1 Å². The highest BCUT2D eigenvalue weighted by Gasteiger charge is 2.42. The number of benzene rings is 1. The molecule has 0 aliphatic heterocycles. The molecule has 2 aliphatic carbocycles. The van der Waals surface area contributed by atoms with E-state index in [-0.39, 0.29) is 19.4 Å². The SMILES string of the molecule is C.Nc1ncnc2c1ccn2[C@@H]1C[C@H](CCc2ccc3ccc(NCC4CC4)nc3c2)[C@@H](O)[C@H]1O. The predicted octanol–water partition coefficient (Wildman–Crippen LogP) is 3.94. The third kappa shape index (κ3) is 4.56. The Morgan fingerprint density at radius 2 is 1.89 bits per heavy atom. The van der Waals surface area contributed by atoms with E-state index in [1.165, 1.54) is 24.7 Å². The first-order valence-corrected chi connectivity index (χ1v) is 12.1. The minimum Gasteiger partial charge on any atom is -0.390 e. The van der Waals surface area contributed by atoms with Crippen LogP contribution in [0.25, 0.3) is 21.9 Å². The molecule has 2 fully saturated rings. The summed E-state index contributed by atoms with van der Waals surface area (Å²) in [4.78, 5) is 13.2. The van der Waals surface area contributed by atoms with E-state index in [0.717, 1.165) is 47.4 Å². The van der Waals surface area contributed by atoms with Gasteiger partial charge in [0.1, 0.15) is 29.7 Å². The molecule has 5 N–H and O–H groups in total. The van der Waals surface area contributed by atoms with Gasteiger partial charge in [0.2, 0.25) is 0 Å². The minimum atomic E-state index is -0.852. The number of anilines is 2. The maximum Gasteiger partial charge on any atom is 0.145 e. The summed E-state index contributed by atoms with van der Waals surface area (Å²) >= 11 is 0. The zero-order valence-electron chi connectivity index (χ0n) is 19.0. The van der Waals surface area contributed by atoms with Crippen molar-refractivity contribution in [2.75, 3.05) is 17.6 Å². The lowest BCUT2D eigenvalue weighted by Gasteiger charge is -2.19. The Morgan fingerprint density at radius 1 is 1.06 bits per heavy atom. The lowest BCUT2D eigenvalue weighted by Crippen LogP contribution is -2.29. The summed E-state index contributed by atoms with van der Waals surface area (Å²) in [5.74, 6) is 2.14. The fourth-order valence-corrected chi connectivity index (χ4v) is 5.26. The van der Waals surface area contributed by atoms with Crippen molar-refractivity contribution in [2.24, 2.45) is 11.8 Å². The van der Waals surface area contributed by atoms with Gasteiger partial charge in [0.05, 0.1) is 23.0 Å². The van der Waals surface area contributed by atoms with Gasteiger partial charge >= 0.3 is 0 Å². The molecule has 0 unspecified atom stereocenters. The van der Waals surface area contributed by atoms with E-state index in [9.17, 15) is 10.2 Å². The molecule has 0 spiro atoms. The van der Waals surface area contributed by atoms with E-state index in [0.29, 0.717) is 17.9 Å². The number of nitrogens with one attached hydrogen (secondary N) is 1. The normalized spacial score (nSPS) is 24.1. The number of aromatic nitrogens is 4. The monoisotopic (exact) mass is 474 g/mol.